The predicted octanol–water partition coefficient (Wildman–Crippen LogP) is 2.06. The number of piperazine rings is 1. The van der Waals surface area contributed by atoms with Gasteiger partial charge in [-0.1, -0.05) is 31.9 Å². The number of hydrogen-bond acceptors (Lipinski definition) is 4. The fourth-order valence-electron chi connectivity index (χ4n) is 3.71. The Bertz CT molecular complexity index is 555. The summed E-state index contributed by atoms with van der Waals surface area (Å²) < 4.78 is 0. The summed E-state index contributed by atoms with van der Waals surface area (Å²) in [6.45, 7) is 7.71. The van der Waals surface area contributed by atoms with Gasteiger partial charge in [0.05, 0.1) is 0 Å². The van der Waals surface area contributed by atoms with Crippen LogP contribution in [0, 0.1) is 0 Å². The molecule has 0 bridgehead atoms. The van der Waals surface area contributed by atoms with Crippen molar-refractivity contribution < 1.29 is 9.90 Å². The van der Waals surface area contributed by atoms with Gasteiger partial charge in [-0.15, -0.1) is 0 Å². The van der Waals surface area contributed by atoms with Gasteiger partial charge >= 0.3 is 5.97 Å². The lowest BCUT2D eigenvalue weighted by atomic mass is 10.1. The standard InChI is InChI=1S/C18H27N3O2/c1-2-3-6-17(18(22)23)21-12-14-5-4-7-16(15(14)13-21)20-10-8-19-9-11-20/h4-5,7,17,19H,2-3,6,8-13H2,1H3,(H,22,23). The number of unbranched alkanes of at least 4 members (excludes halogenated alkanes) is 1. The Morgan fingerprint density at radius 1 is 1.30 bits per heavy atom. The highest BCUT2D eigenvalue weighted by molar-refractivity contribution is 5.74. The van der Waals surface area contributed by atoms with Crippen molar-refractivity contribution in [2.24, 2.45) is 0 Å². The van der Waals surface area contributed by atoms with E-state index in [-0.39, 0.29) is 6.04 Å². The molecule has 1 fully saturated rings. The number of aliphatic carboxylic acids is 1. The topological polar surface area (TPSA) is 55.8 Å². The van der Waals surface area contributed by atoms with E-state index in [2.05, 4.69) is 40.2 Å². The molecule has 2 aliphatic rings. The number of nitrogens with one attached hydrogen (secondary N) is 1. The Hall–Kier alpha value is -1.59. The van der Waals surface area contributed by atoms with Gasteiger partial charge in [-0.25, -0.2) is 0 Å². The van der Waals surface area contributed by atoms with Crippen LogP contribution >= 0.6 is 0 Å². The van der Waals surface area contributed by atoms with Gasteiger partial charge in [0.25, 0.3) is 0 Å². The Morgan fingerprint density at radius 2 is 2.09 bits per heavy atom. The maximum atomic E-state index is 11.7. The molecule has 0 aliphatic carbocycles. The zero-order chi connectivity index (χ0) is 16.2. The summed E-state index contributed by atoms with van der Waals surface area (Å²) in [6, 6.07) is 6.09. The maximum Gasteiger partial charge on any atom is 0.320 e. The first-order valence-corrected chi connectivity index (χ1v) is 8.74. The normalized spacial score (nSPS) is 19.6. The van der Waals surface area contributed by atoms with E-state index in [0.717, 1.165) is 58.5 Å². The van der Waals surface area contributed by atoms with Crippen molar-refractivity contribution in [3.63, 3.8) is 0 Å². The van der Waals surface area contributed by atoms with Crippen LogP contribution in [0.5, 0.6) is 0 Å². The van der Waals surface area contributed by atoms with E-state index < -0.39 is 5.97 Å². The molecule has 0 saturated carbocycles. The molecule has 1 atom stereocenters. The van der Waals surface area contributed by atoms with Crippen molar-refractivity contribution in [2.75, 3.05) is 31.1 Å². The molecule has 2 N–H and O–H groups in total. The number of carboxylic acid groups (broad SMARTS) is 1. The minimum atomic E-state index is -0.685. The molecule has 0 amide bonds. The van der Waals surface area contributed by atoms with Crippen LogP contribution in [0.25, 0.3) is 0 Å². The number of anilines is 1. The first-order chi connectivity index (χ1) is 11.2. The van der Waals surface area contributed by atoms with Crippen molar-refractivity contribution in [3.8, 4) is 0 Å². The van der Waals surface area contributed by atoms with E-state index in [1.807, 2.05) is 0 Å². The molecule has 2 heterocycles. The van der Waals surface area contributed by atoms with E-state index in [4.69, 9.17) is 0 Å². The number of carbonyl (C=O) groups is 1. The maximum absolute atomic E-state index is 11.7. The molecule has 0 radical (unpaired) electrons. The van der Waals surface area contributed by atoms with Gasteiger partial charge in [0.2, 0.25) is 0 Å². The number of hydrogen-bond donors (Lipinski definition) is 2. The second kappa shape index (κ2) is 7.32. The van der Waals surface area contributed by atoms with E-state index in [9.17, 15) is 9.90 Å². The molecular weight excluding hydrogens is 290 g/mol. The molecule has 2 aliphatic heterocycles. The van der Waals surface area contributed by atoms with Gasteiger partial charge < -0.3 is 15.3 Å². The van der Waals surface area contributed by atoms with Gasteiger partial charge in [-0.05, 0) is 23.6 Å². The van der Waals surface area contributed by atoms with E-state index in [1.54, 1.807) is 0 Å². The molecular formula is C18H27N3O2. The van der Waals surface area contributed by atoms with Gasteiger partial charge in [0.15, 0.2) is 0 Å². The third-order valence-electron chi connectivity index (χ3n) is 5.00. The van der Waals surface area contributed by atoms with Gasteiger partial charge in [0.1, 0.15) is 6.04 Å². The Kier molecular flexibility index (Phi) is 5.18. The highest BCUT2D eigenvalue weighted by Crippen LogP contribution is 2.33. The van der Waals surface area contributed by atoms with Crippen LogP contribution in [0.4, 0.5) is 5.69 Å². The summed E-state index contributed by atoms with van der Waals surface area (Å²) in [6.07, 6.45) is 2.74. The lowest BCUT2D eigenvalue weighted by Gasteiger charge is -2.31. The summed E-state index contributed by atoms with van der Waals surface area (Å²) in [5.74, 6) is -0.685. The quantitative estimate of drug-likeness (QED) is 0.841. The Labute approximate surface area is 138 Å². The summed E-state index contributed by atoms with van der Waals surface area (Å²) in [4.78, 5) is 16.2. The molecule has 23 heavy (non-hydrogen) atoms. The van der Waals surface area contributed by atoms with Crippen LogP contribution in [0.1, 0.15) is 37.3 Å². The number of rotatable bonds is 6. The second-order valence-corrected chi connectivity index (χ2v) is 6.55. The molecule has 5 heteroatoms. The first kappa shape index (κ1) is 16.3. The number of benzene rings is 1. The van der Waals surface area contributed by atoms with Gasteiger partial charge in [-0.2, -0.15) is 0 Å². The van der Waals surface area contributed by atoms with Crippen molar-refractivity contribution in [1.29, 1.82) is 0 Å². The molecule has 1 saturated heterocycles. The molecule has 1 aromatic rings. The fourth-order valence-corrected chi connectivity index (χ4v) is 3.71. The number of fused-ring (bicyclic) bond motifs is 1. The molecule has 3 rings (SSSR count). The molecule has 0 aromatic heterocycles. The zero-order valence-electron chi connectivity index (χ0n) is 13.9. The Morgan fingerprint density at radius 3 is 2.78 bits per heavy atom. The van der Waals surface area contributed by atoms with E-state index in [1.165, 1.54) is 16.8 Å². The number of nitrogens with zero attached hydrogens (tertiary/aromatic N) is 2. The summed E-state index contributed by atoms with van der Waals surface area (Å²) in [5.41, 5.74) is 3.92. The predicted molar refractivity (Wildman–Crippen MR) is 91.7 cm³/mol. The average Bonchev–Trinajstić information content (AvgIpc) is 2.99. The van der Waals surface area contributed by atoms with Crippen LogP contribution in [-0.2, 0) is 17.9 Å². The van der Waals surface area contributed by atoms with Crippen LogP contribution in [-0.4, -0.2) is 48.2 Å². The van der Waals surface area contributed by atoms with E-state index in [0.29, 0.717) is 0 Å². The minimum Gasteiger partial charge on any atom is -0.480 e. The lowest BCUT2D eigenvalue weighted by Crippen LogP contribution is -2.44. The van der Waals surface area contributed by atoms with Crippen LogP contribution in [0.3, 0.4) is 0 Å². The Balaban J connectivity index is 1.78. The largest absolute Gasteiger partial charge is 0.480 e. The monoisotopic (exact) mass is 317 g/mol. The van der Waals surface area contributed by atoms with Gasteiger partial charge in [-0.3, -0.25) is 9.69 Å². The summed E-state index contributed by atoms with van der Waals surface area (Å²) in [7, 11) is 0. The molecule has 126 valence electrons. The zero-order valence-corrected chi connectivity index (χ0v) is 13.9. The van der Waals surface area contributed by atoms with E-state index >= 15 is 0 Å². The first-order valence-electron chi connectivity index (χ1n) is 8.74. The third kappa shape index (κ3) is 3.51. The second-order valence-electron chi connectivity index (χ2n) is 6.55. The smallest absolute Gasteiger partial charge is 0.320 e. The third-order valence-corrected chi connectivity index (χ3v) is 5.00. The molecule has 5 nitrogen and oxygen atoms in total. The van der Waals surface area contributed by atoms with Crippen LogP contribution in [0.2, 0.25) is 0 Å². The molecule has 0 spiro atoms. The highest BCUT2D eigenvalue weighted by Gasteiger charge is 2.32. The van der Waals surface area contributed by atoms with Crippen LogP contribution in [0.15, 0.2) is 18.2 Å². The van der Waals surface area contributed by atoms with Gasteiger partial charge in [0, 0.05) is 45.0 Å². The minimum absolute atomic E-state index is 0.363. The van der Waals surface area contributed by atoms with Crippen molar-refractivity contribution in [1.82, 2.24) is 10.2 Å². The number of carboxylic acids is 1. The highest BCUT2D eigenvalue weighted by atomic mass is 16.4. The fraction of sp³-hybridized carbons (Fsp3) is 0.611. The van der Waals surface area contributed by atoms with Crippen molar-refractivity contribution >= 4 is 11.7 Å². The van der Waals surface area contributed by atoms with Crippen LogP contribution < -0.4 is 10.2 Å². The summed E-state index contributed by atoms with van der Waals surface area (Å²) >= 11 is 0. The van der Waals surface area contributed by atoms with Crippen molar-refractivity contribution in [3.05, 3.63) is 29.3 Å². The molecule has 1 unspecified atom stereocenters. The lowest BCUT2D eigenvalue weighted by molar-refractivity contribution is -0.143. The average molecular weight is 317 g/mol. The molecule has 1 aromatic carbocycles. The SMILES string of the molecule is CCCCC(C(=O)O)N1Cc2cccc(N3CCNCC3)c2C1. The van der Waals surface area contributed by atoms with Crippen molar-refractivity contribution in [2.45, 2.75) is 45.3 Å². The summed E-state index contributed by atoms with van der Waals surface area (Å²) in [5, 5.41) is 13.0.